The van der Waals surface area contributed by atoms with Crippen molar-refractivity contribution in [3.63, 3.8) is 0 Å². The highest BCUT2D eigenvalue weighted by Crippen LogP contribution is 2.45. The van der Waals surface area contributed by atoms with Gasteiger partial charge in [0.25, 0.3) is 11.8 Å². The number of fused-ring (bicyclic) bond motifs is 1. The number of benzene rings is 2. The number of thiophene rings is 1. The molecule has 1 aliphatic rings. The van der Waals surface area contributed by atoms with Gasteiger partial charge in [-0.15, -0.1) is 11.3 Å². The van der Waals surface area contributed by atoms with Crippen LogP contribution in [-0.4, -0.2) is 11.8 Å². The Kier molecular flexibility index (Phi) is 7.35. The second-order valence-electron chi connectivity index (χ2n) is 9.98. The van der Waals surface area contributed by atoms with Gasteiger partial charge in [0, 0.05) is 14.9 Å². The van der Waals surface area contributed by atoms with Gasteiger partial charge in [-0.2, -0.15) is 13.2 Å². The van der Waals surface area contributed by atoms with Gasteiger partial charge in [-0.1, -0.05) is 54.9 Å². The maximum atomic E-state index is 13.5. The van der Waals surface area contributed by atoms with Crippen molar-refractivity contribution in [2.45, 2.75) is 46.2 Å². The molecule has 1 aliphatic carbocycles. The average molecular weight is 579 g/mol. The molecule has 0 spiro atoms. The van der Waals surface area contributed by atoms with Crippen LogP contribution in [0, 0.1) is 11.3 Å². The first kappa shape index (κ1) is 26.4. The number of hydrogen-bond acceptors (Lipinski definition) is 3. The van der Waals surface area contributed by atoms with Gasteiger partial charge in [-0.05, 0) is 66.5 Å². The normalized spacial score (nSPS) is 15.8. The monoisotopic (exact) mass is 578 g/mol. The molecule has 2 N–H and O–H groups in total. The highest BCUT2D eigenvalue weighted by Gasteiger charge is 2.36. The standard InChI is InChI=1S/C27H26BrF3N2O2S/c1-26(2,3)16-11-12-18-21(14-16)36-25(33-23(34)15-7-6-8-17(28)13-15)22(18)24(35)32-20-10-5-4-9-19(20)27(29,30)31/h4-10,13,16H,11-12,14H2,1-3H3,(H,32,35)(H,33,34). The quantitative estimate of drug-likeness (QED) is 0.328. The number of hydrogen-bond donors (Lipinski definition) is 2. The zero-order valence-corrected chi connectivity index (χ0v) is 22.5. The van der Waals surface area contributed by atoms with E-state index in [4.69, 9.17) is 0 Å². The van der Waals surface area contributed by atoms with E-state index in [-0.39, 0.29) is 16.7 Å². The van der Waals surface area contributed by atoms with Crippen LogP contribution in [0.4, 0.5) is 23.9 Å². The van der Waals surface area contributed by atoms with Crippen LogP contribution in [0.5, 0.6) is 0 Å². The molecular formula is C27H26BrF3N2O2S. The average Bonchev–Trinajstić information content (AvgIpc) is 3.15. The molecule has 1 aromatic heterocycles. The Bertz CT molecular complexity index is 1310. The van der Waals surface area contributed by atoms with E-state index in [1.165, 1.54) is 29.5 Å². The summed E-state index contributed by atoms with van der Waals surface area (Å²) in [5.41, 5.74) is 0.263. The Balaban J connectivity index is 1.72. The largest absolute Gasteiger partial charge is 0.418 e. The maximum Gasteiger partial charge on any atom is 0.418 e. The van der Waals surface area contributed by atoms with Crippen molar-refractivity contribution in [2.75, 3.05) is 10.6 Å². The van der Waals surface area contributed by atoms with Crippen molar-refractivity contribution < 1.29 is 22.8 Å². The fourth-order valence-electron chi connectivity index (χ4n) is 4.48. The summed E-state index contributed by atoms with van der Waals surface area (Å²) < 4.78 is 41.3. The molecule has 0 fully saturated rings. The van der Waals surface area contributed by atoms with E-state index < -0.39 is 23.6 Å². The van der Waals surface area contributed by atoms with Crippen molar-refractivity contribution in [1.29, 1.82) is 0 Å². The minimum absolute atomic E-state index is 0.0650. The van der Waals surface area contributed by atoms with Crippen LogP contribution in [0.1, 0.15) is 63.9 Å². The molecule has 0 aliphatic heterocycles. The predicted molar refractivity (Wildman–Crippen MR) is 141 cm³/mol. The molecule has 36 heavy (non-hydrogen) atoms. The minimum Gasteiger partial charge on any atom is -0.321 e. The fraction of sp³-hybridized carbons (Fsp3) is 0.333. The number of amides is 2. The van der Waals surface area contributed by atoms with Crippen molar-refractivity contribution in [2.24, 2.45) is 11.3 Å². The third-order valence-corrected chi connectivity index (χ3v) is 8.17. The molecule has 1 heterocycles. The fourth-order valence-corrected chi connectivity index (χ4v) is 6.20. The first-order valence-electron chi connectivity index (χ1n) is 11.5. The summed E-state index contributed by atoms with van der Waals surface area (Å²) in [6.07, 6.45) is -2.40. The highest BCUT2D eigenvalue weighted by atomic mass is 79.9. The molecule has 4 rings (SSSR count). The van der Waals surface area contributed by atoms with E-state index >= 15 is 0 Å². The van der Waals surface area contributed by atoms with Gasteiger partial charge in [-0.3, -0.25) is 9.59 Å². The Morgan fingerprint density at radius 2 is 1.72 bits per heavy atom. The van der Waals surface area contributed by atoms with E-state index in [0.717, 1.165) is 33.8 Å². The molecule has 4 nitrogen and oxygen atoms in total. The molecule has 0 saturated heterocycles. The second-order valence-corrected chi connectivity index (χ2v) is 12.0. The molecule has 1 atom stereocenters. The summed E-state index contributed by atoms with van der Waals surface area (Å²) in [5.74, 6) is -0.672. The zero-order chi connectivity index (χ0) is 26.3. The summed E-state index contributed by atoms with van der Waals surface area (Å²) in [5, 5.41) is 5.66. The highest BCUT2D eigenvalue weighted by molar-refractivity contribution is 9.10. The minimum atomic E-state index is -4.62. The molecule has 0 saturated carbocycles. The summed E-state index contributed by atoms with van der Waals surface area (Å²) in [6, 6.07) is 11.7. The Hall–Kier alpha value is -2.65. The molecule has 1 unspecified atom stereocenters. The number of rotatable bonds is 4. The van der Waals surface area contributed by atoms with Crippen LogP contribution >= 0.6 is 27.3 Å². The summed E-state index contributed by atoms with van der Waals surface area (Å²) in [6.45, 7) is 6.52. The van der Waals surface area contributed by atoms with E-state index in [9.17, 15) is 22.8 Å². The third kappa shape index (κ3) is 5.67. The third-order valence-electron chi connectivity index (χ3n) is 6.51. The van der Waals surface area contributed by atoms with Gasteiger partial charge >= 0.3 is 6.18 Å². The van der Waals surface area contributed by atoms with E-state index in [1.807, 2.05) is 0 Å². The SMILES string of the molecule is CC(C)(C)C1CCc2c(sc(NC(=O)c3cccc(Br)c3)c2C(=O)Nc2ccccc2C(F)(F)F)C1. The predicted octanol–water partition coefficient (Wildman–Crippen LogP) is 8.19. The van der Waals surface area contributed by atoms with E-state index in [1.54, 1.807) is 24.3 Å². The molecule has 9 heteroatoms. The number of carbonyl (C=O) groups is 2. The van der Waals surface area contributed by atoms with Gasteiger partial charge in [-0.25, -0.2) is 0 Å². The lowest BCUT2D eigenvalue weighted by Gasteiger charge is -2.33. The van der Waals surface area contributed by atoms with Crippen LogP contribution in [0.3, 0.4) is 0 Å². The molecule has 190 valence electrons. The number of para-hydroxylation sites is 1. The van der Waals surface area contributed by atoms with Crippen LogP contribution in [0.15, 0.2) is 53.0 Å². The Labute approximate surface area is 220 Å². The van der Waals surface area contributed by atoms with Crippen LogP contribution in [-0.2, 0) is 19.0 Å². The van der Waals surface area contributed by atoms with Gasteiger partial charge in [0.15, 0.2) is 0 Å². The van der Waals surface area contributed by atoms with Crippen molar-refractivity contribution in [3.8, 4) is 0 Å². The summed E-state index contributed by atoms with van der Waals surface area (Å²) >= 11 is 4.68. The van der Waals surface area contributed by atoms with Crippen LogP contribution < -0.4 is 10.6 Å². The number of alkyl halides is 3. The summed E-state index contributed by atoms with van der Waals surface area (Å²) in [4.78, 5) is 27.5. The number of anilines is 2. The topological polar surface area (TPSA) is 58.2 Å². The Morgan fingerprint density at radius 3 is 2.39 bits per heavy atom. The van der Waals surface area contributed by atoms with Gasteiger partial charge < -0.3 is 10.6 Å². The summed E-state index contributed by atoms with van der Waals surface area (Å²) in [7, 11) is 0. The van der Waals surface area contributed by atoms with Crippen LogP contribution in [0.25, 0.3) is 0 Å². The molecular weight excluding hydrogens is 553 g/mol. The van der Waals surface area contributed by atoms with E-state index in [2.05, 4.69) is 47.3 Å². The van der Waals surface area contributed by atoms with Gasteiger partial charge in [0.05, 0.1) is 16.8 Å². The number of halogens is 4. The first-order valence-corrected chi connectivity index (χ1v) is 13.1. The number of nitrogens with one attached hydrogen (secondary N) is 2. The lowest BCUT2D eigenvalue weighted by molar-refractivity contribution is -0.136. The number of carbonyl (C=O) groups excluding carboxylic acids is 2. The smallest absolute Gasteiger partial charge is 0.321 e. The lowest BCUT2D eigenvalue weighted by Crippen LogP contribution is -2.27. The van der Waals surface area contributed by atoms with Gasteiger partial charge in [0.2, 0.25) is 0 Å². The molecule has 3 aromatic rings. The zero-order valence-electron chi connectivity index (χ0n) is 20.1. The molecule has 0 radical (unpaired) electrons. The lowest BCUT2D eigenvalue weighted by atomic mass is 9.72. The van der Waals surface area contributed by atoms with Crippen molar-refractivity contribution >= 4 is 49.8 Å². The first-order chi connectivity index (χ1) is 16.8. The van der Waals surface area contributed by atoms with Crippen LogP contribution in [0.2, 0.25) is 0 Å². The Morgan fingerprint density at radius 1 is 1.00 bits per heavy atom. The molecule has 2 amide bonds. The van der Waals surface area contributed by atoms with E-state index in [0.29, 0.717) is 22.9 Å². The molecule has 0 bridgehead atoms. The van der Waals surface area contributed by atoms with Crippen molar-refractivity contribution in [1.82, 2.24) is 0 Å². The van der Waals surface area contributed by atoms with Gasteiger partial charge in [0.1, 0.15) is 5.00 Å². The molecule has 2 aromatic carbocycles. The van der Waals surface area contributed by atoms with Crippen molar-refractivity contribution in [3.05, 3.63) is 80.1 Å². The second kappa shape index (κ2) is 10.0. The maximum absolute atomic E-state index is 13.5.